The number of nitrogens with two attached hydrogens (primary N) is 1. The van der Waals surface area contributed by atoms with Crippen LogP contribution in [0.1, 0.15) is 27.2 Å². The summed E-state index contributed by atoms with van der Waals surface area (Å²) in [4.78, 5) is 26.8. The van der Waals surface area contributed by atoms with E-state index in [4.69, 9.17) is 5.73 Å². The van der Waals surface area contributed by atoms with Crippen molar-refractivity contribution in [3.8, 4) is 0 Å². The molecule has 1 aliphatic heterocycles. The van der Waals surface area contributed by atoms with Crippen molar-refractivity contribution in [1.29, 1.82) is 0 Å². The number of fused-ring (bicyclic) bond motifs is 1. The van der Waals surface area contributed by atoms with Crippen LogP contribution in [0.4, 0.5) is 11.6 Å². The number of hydrogen-bond donors (Lipinski definition) is 2. The van der Waals surface area contributed by atoms with E-state index in [0.29, 0.717) is 6.54 Å². The molecular formula is C20H20N6O. The number of aromatic nitrogens is 3. The molecule has 0 atom stereocenters. The number of carbonyl (C=O) groups excluding carboxylic acids is 1. The first kappa shape index (κ1) is 17.0. The fraction of sp³-hybridized carbons (Fsp3) is 0.200. The van der Waals surface area contributed by atoms with Crippen molar-refractivity contribution in [2.24, 2.45) is 0 Å². The first-order chi connectivity index (χ1) is 13.2. The molecule has 0 spiro atoms. The predicted molar refractivity (Wildman–Crippen MR) is 103 cm³/mol. The summed E-state index contributed by atoms with van der Waals surface area (Å²) in [6, 6.07) is 12.5. The lowest BCUT2D eigenvalue weighted by atomic mass is 10.00. The van der Waals surface area contributed by atoms with Crippen LogP contribution in [-0.4, -0.2) is 27.4 Å². The van der Waals surface area contributed by atoms with Gasteiger partial charge < -0.3 is 16.0 Å². The zero-order chi connectivity index (χ0) is 18.6. The molecular weight excluding hydrogens is 340 g/mol. The van der Waals surface area contributed by atoms with E-state index < -0.39 is 0 Å². The largest absolute Gasteiger partial charge is 0.382 e. The molecule has 0 aliphatic carbocycles. The molecule has 0 saturated carbocycles. The number of carbonyl (C=O) groups is 1. The fourth-order valence-electron chi connectivity index (χ4n) is 3.19. The summed E-state index contributed by atoms with van der Waals surface area (Å²) in [5.41, 5.74) is 9.48. The molecule has 27 heavy (non-hydrogen) atoms. The Morgan fingerprint density at radius 3 is 2.67 bits per heavy atom. The van der Waals surface area contributed by atoms with Gasteiger partial charge in [0, 0.05) is 38.2 Å². The first-order valence-electron chi connectivity index (χ1n) is 8.82. The number of nitrogens with zero attached hydrogens (tertiary/aromatic N) is 4. The van der Waals surface area contributed by atoms with Crippen LogP contribution in [0.15, 0.2) is 55.0 Å². The van der Waals surface area contributed by atoms with E-state index in [2.05, 4.69) is 49.4 Å². The summed E-state index contributed by atoms with van der Waals surface area (Å²) in [5, 5.41) is 2.79. The van der Waals surface area contributed by atoms with Gasteiger partial charge >= 0.3 is 0 Å². The third-order valence-electron chi connectivity index (χ3n) is 4.66. The van der Waals surface area contributed by atoms with E-state index in [-0.39, 0.29) is 17.4 Å². The second-order valence-corrected chi connectivity index (χ2v) is 6.44. The molecule has 3 heterocycles. The van der Waals surface area contributed by atoms with Crippen LogP contribution in [0, 0.1) is 0 Å². The monoisotopic (exact) mass is 360 g/mol. The SMILES string of the molecule is Nc1nccnc1C(=O)NCc1ccc(N2CCc3ccccc3C2)nc1. The quantitative estimate of drug-likeness (QED) is 0.738. The molecule has 7 nitrogen and oxygen atoms in total. The summed E-state index contributed by atoms with van der Waals surface area (Å²) in [7, 11) is 0. The highest BCUT2D eigenvalue weighted by Crippen LogP contribution is 2.22. The molecule has 4 rings (SSSR count). The first-order valence-corrected chi connectivity index (χ1v) is 8.82. The molecule has 0 bridgehead atoms. The maximum Gasteiger partial charge on any atom is 0.273 e. The molecule has 3 N–H and O–H groups in total. The third-order valence-corrected chi connectivity index (χ3v) is 4.66. The van der Waals surface area contributed by atoms with Crippen molar-refractivity contribution in [3.05, 3.63) is 77.4 Å². The number of rotatable bonds is 4. The molecule has 136 valence electrons. The standard InChI is InChI=1S/C20H20N6O/c21-19-18(22-8-9-23-19)20(27)25-12-14-5-6-17(24-11-14)26-10-7-15-3-1-2-4-16(15)13-26/h1-6,8-9,11H,7,10,12-13H2,(H2,21,23)(H,25,27). The number of hydrogen-bond acceptors (Lipinski definition) is 6. The maximum absolute atomic E-state index is 12.1. The van der Waals surface area contributed by atoms with Crippen molar-refractivity contribution in [3.63, 3.8) is 0 Å². The van der Waals surface area contributed by atoms with E-state index in [0.717, 1.165) is 30.9 Å². The van der Waals surface area contributed by atoms with E-state index >= 15 is 0 Å². The molecule has 2 aromatic heterocycles. The number of anilines is 2. The second-order valence-electron chi connectivity index (χ2n) is 6.44. The molecule has 3 aromatic rings. The highest BCUT2D eigenvalue weighted by atomic mass is 16.1. The van der Waals surface area contributed by atoms with Gasteiger partial charge in [-0.25, -0.2) is 15.0 Å². The molecule has 1 aliphatic rings. The Morgan fingerprint density at radius 2 is 1.89 bits per heavy atom. The van der Waals surface area contributed by atoms with E-state index in [9.17, 15) is 4.79 Å². The highest BCUT2D eigenvalue weighted by Gasteiger charge is 2.17. The number of nitrogens with one attached hydrogen (secondary N) is 1. The summed E-state index contributed by atoms with van der Waals surface area (Å²) < 4.78 is 0. The van der Waals surface area contributed by atoms with E-state index in [1.54, 1.807) is 6.20 Å². The summed E-state index contributed by atoms with van der Waals surface area (Å²) in [5.74, 6) is 0.712. The summed E-state index contributed by atoms with van der Waals surface area (Å²) >= 11 is 0. The van der Waals surface area contributed by atoms with Crippen molar-refractivity contribution < 1.29 is 4.79 Å². The lowest BCUT2D eigenvalue weighted by Crippen LogP contribution is -2.31. The van der Waals surface area contributed by atoms with Gasteiger partial charge in [-0.1, -0.05) is 30.3 Å². The Kier molecular flexibility index (Phi) is 4.65. The molecule has 0 saturated heterocycles. The number of pyridine rings is 1. The Balaban J connectivity index is 1.38. The smallest absolute Gasteiger partial charge is 0.273 e. The van der Waals surface area contributed by atoms with Crippen molar-refractivity contribution in [1.82, 2.24) is 20.3 Å². The average molecular weight is 360 g/mol. The third kappa shape index (κ3) is 3.72. The van der Waals surface area contributed by atoms with Crippen LogP contribution in [0.5, 0.6) is 0 Å². The van der Waals surface area contributed by atoms with Crippen LogP contribution in [0.2, 0.25) is 0 Å². The van der Waals surface area contributed by atoms with Crippen LogP contribution in [0.25, 0.3) is 0 Å². The Morgan fingerprint density at radius 1 is 1.07 bits per heavy atom. The minimum absolute atomic E-state index is 0.119. The fourth-order valence-corrected chi connectivity index (χ4v) is 3.19. The Hall–Kier alpha value is -3.48. The minimum atomic E-state index is -0.350. The van der Waals surface area contributed by atoms with Crippen molar-refractivity contribution in [2.75, 3.05) is 17.2 Å². The molecule has 1 aromatic carbocycles. The molecule has 0 fully saturated rings. The lowest BCUT2D eigenvalue weighted by Gasteiger charge is -2.29. The van der Waals surface area contributed by atoms with Crippen LogP contribution >= 0.6 is 0 Å². The second kappa shape index (κ2) is 7.41. The van der Waals surface area contributed by atoms with Gasteiger partial charge in [-0.15, -0.1) is 0 Å². The highest BCUT2D eigenvalue weighted by molar-refractivity contribution is 5.96. The van der Waals surface area contributed by atoms with Gasteiger partial charge in [-0.05, 0) is 29.2 Å². The Bertz CT molecular complexity index is 957. The Labute approximate surface area is 157 Å². The number of amides is 1. The van der Waals surface area contributed by atoms with Gasteiger partial charge in [0.05, 0.1) is 0 Å². The topological polar surface area (TPSA) is 97.0 Å². The predicted octanol–water partition coefficient (Wildman–Crippen LogP) is 1.95. The average Bonchev–Trinajstić information content (AvgIpc) is 2.72. The van der Waals surface area contributed by atoms with E-state index in [1.807, 2.05) is 12.1 Å². The van der Waals surface area contributed by atoms with Gasteiger partial charge in [-0.2, -0.15) is 0 Å². The molecule has 7 heteroatoms. The van der Waals surface area contributed by atoms with E-state index in [1.165, 1.54) is 23.5 Å². The number of nitrogen functional groups attached to an aromatic ring is 1. The lowest BCUT2D eigenvalue weighted by molar-refractivity contribution is 0.0946. The van der Waals surface area contributed by atoms with Gasteiger partial charge in [0.25, 0.3) is 5.91 Å². The van der Waals surface area contributed by atoms with Gasteiger partial charge in [-0.3, -0.25) is 4.79 Å². The minimum Gasteiger partial charge on any atom is -0.382 e. The zero-order valence-electron chi connectivity index (χ0n) is 14.8. The van der Waals surface area contributed by atoms with Crippen LogP contribution in [-0.2, 0) is 19.5 Å². The van der Waals surface area contributed by atoms with Gasteiger partial charge in [0.2, 0.25) is 0 Å². The van der Waals surface area contributed by atoms with Crippen LogP contribution < -0.4 is 16.0 Å². The number of benzene rings is 1. The summed E-state index contributed by atoms with van der Waals surface area (Å²) in [6.45, 7) is 2.17. The maximum atomic E-state index is 12.1. The van der Waals surface area contributed by atoms with Gasteiger partial charge in [0.15, 0.2) is 11.5 Å². The molecule has 0 radical (unpaired) electrons. The normalized spacial score (nSPS) is 13.1. The van der Waals surface area contributed by atoms with Crippen molar-refractivity contribution in [2.45, 2.75) is 19.5 Å². The van der Waals surface area contributed by atoms with Crippen molar-refractivity contribution >= 4 is 17.5 Å². The van der Waals surface area contributed by atoms with Crippen LogP contribution in [0.3, 0.4) is 0 Å². The molecule has 0 unspecified atom stereocenters. The zero-order valence-corrected chi connectivity index (χ0v) is 14.8. The summed E-state index contributed by atoms with van der Waals surface area (Å²) in [6.07, 6.45) is 5.71. The molecule has 1 amide bonds. The van der Waals surface area contributed by atoms with Gasteiger partial charge in [0.1, 0.15) is 5.82 Å².